The van der Waals surface area contributed by atoms with Gasteiger partial charge in [-0.15, -0.1) is 0 Å². The van der Waals surface area contributed by atoms with Crippen LogP contribution in [-0.2, 0) is 4.79 Å². The smallest absolute Gasteiger partial charge is 0.227 e. The number of aliphatic hydroxyl groups excluding tert-OH is 1. The van der Waals surface area contributed by atoms with Crippen molar-refractivity contribution in [3.8, 4) is 11.5 Å². The highest BCUT2D eigenvalue weighted by atomic mass is 35.5. The molecule has 2 aliphatic rings. The van der Waals surface area contributed by atoms with Gasteiger partial charge in [0.05, 0.1) is 5.69 Å². The number of hydrogen-bond donors (Lipinski definition) is 2. The number of hydrogen-bond acceptors (Lipinski definition) is 5. The molecule has 0 spiro atoms. The first-order valence-corrected chi connectivity index (χ1v) is 11.7. The van der Waals surface area contributed by atoms with Crippen LogP contribution in [0.1, 0.15) is 31.2 Å². The van der Waals surface area contributed by atoms with Crippen molar-refractivity contribution < 1.29 is 19.4 Å². The summed E-state index contributed by atoms with van der Waals surface area (Å²) in [6, 6.07) is 13.1. The molecule has 1 saturated heterocycles. The number of benzene rings is 2. The molecule has 1 amide bonds. The summed E-state index contributed by atoms with van der Waals surface area (Å²) in [5.41, 5.74) is 1.70. The molecule has 172 valence electrons. The maximum atomic E-state index is 12.3. The number of rotatable bonds is 9. The normalized spacial score (nSPS) is 19.9. The molecule has 0 aromatic heterocycles. The Kier molecular flexibility index (Phi) is 7.55. The number of halogens is 1. The van der Waals surface area contributed by atoms with Crippen molar-refractivity contribution in [2.45, 2.75) is 44.8 Å². The molecule has 6 nitrogen and oxygen atoms in total. The quantitative estimate of drug-likeness (QED) is 0.587. The number of nitrogens with zero attached hydrogens (tertiary/aromatic N) is 1. The first-order valence-electron chi connectivity index (χ1n) is 11.3. The second-order valence-corrected chi connectivity index (χ2v) is 9.26. The number of carbonyl (C=O) groups is 1. The van der Waals surface area contributed by atoms with E-state index >= 15 is 0 Å². The van der Waals surface area contributed by atoms with Crippen LogP contribution in [-0.4, -0.2) is 54.4 Å². The highest BCUT2D eigenvalue weighted by Gasteiger charge is 2.27. The van der Waals surface area contributed by atoms with Gasteiger partial charge in [0, 0.05) is 30.6 Å². The van der Waals surface area contributed by atoms with Crippen molar-refractivity contribution >= 4 is 23.2 Å². The first kappa shape index (κ1) is 22.9. The molecule has 7 heteroatoms. The largest absolute Gasteiger partial charge is 0.489 e. The zero-order valence-corrected chi connectivity index (χ0v) is 19.2. The lowest BCUT2D eigenvalue weighted by Crippen LogP contribution is -2.35. The molecule has 2 unspecified atom stereocenters. The summed E-state index contributed by atoms with van der Waals surface area (Å²) in [7, 11) is 0. The van der Waals surface area contributed by atoms with Crippen LogP contribution < -0.4 is 14.8 Å². The summed E-state index contributed by atoms with van der Waals surface area (Å²) in [5.74, 6) is 1.56. The van der Waals surface area contributed by atoms with Crippen molar-refractivity contribution in [3.05, 3.63) is 53.1 Å². The van der Waals surface area contributed by atoms with Gasteiger partial charge in [-0.25, -0.2) is 0 Å². The number of aryl methyl sites for hydroxylation is 1. The Morgan fingerprint density at radius 2 is 2.00 bits per heavy atom. The zero-order valence-electron chi connectivity index (χ0n) is 18.4. The van der Waals surface area contributed by atoms with E-state index in [9.17, 15) is 9.90 Å². The summed E-state index contributed by atoms with van der Waals surface area (Å²) < 4.78 is 11.9. The number of aliphatic hydroxyl groups is 1. The van der Waals surface area contributed by atoms with Gasteiger partial charge in [0.1, 0.15) is 30.3 Å². The Morgan fingerprint density at radius 3 is 2.72 bits per heavy atom. The van der Waals surface area contributed by atoms with E-state index in [1.54, 1.807) is 0 Å². The monoisotopic (exact) mass is 458 g/mol. The lowest BCUT2D eigenvalue weighted by atomic mass is 9.85. The Labute approximate surface area is 194 Å². The van der Waals surface area contributed by atoms with Crippen LogP contribution >= 0.6 is 11.6 Å². The third-order valence-corrected chi connectivity index (χ3v) is 6.37. The molecule has 32 heavy (non-hydrogen) atoms. The SMILES string of the molecule is Cc1ccc(NC(=O)C2CCC2)c(OCC(O)CN2CCC(Oc3ccc(Cl)cc3)C2)c1. The van der Waals surface area contributed by atoms with Crippen LogP contribution in [0.5, 0.6) is 11.5 Å². The number of anilines is 1. The topological polar surface area (TPSA) is 71.0 Å². The van der Waals surface area contributed by atoms with Crippen molar-refractivity contribution in [2.24, 2.45) is 5.92 Å². The van der Waals surface area contributed by atoms with Crippen molar-refractivity contribution in [2.75, 3.05) is 31.6 Å². The maximum Gasteiger partial charge on any atom is 0.227 e. The fourth-order valence-corrected chi connectivity index (χ4v) is 4.18. The summed E-state index contributed by atoms with van der Waals surface area (Å²) in [6.07, 6.45) is 3.38. The van der Waals surface area contributed by atoms with Crippen LogP contribution in [0, 0.1) is 12.8 Å². The van der Waals surface area contributed by atoms with Crippen LogP contribution in [0.15, 0.2) is 42.5 Å². The van der Waals surface area contributed by atoms with E-state index in [0.29, 0.717) is 23.0 Å². The van der Waals surface area contributed by atoms with Crippen LogP contribution in [0.25, 0.3) is 0 Å². The van der Waals surface area contributed by atoms with Crippen molar-refractivity contribution in [1.82, 2.24) is 4.90 Å². The van der Waals surface area contributed by atoms with Crippen LogP contribution in [0.3, 0.4) is 0 Å². The molecule has 2 atom stereocenters. The molecule has 1 heterocycles. The molecular formula is C25H31ClN2O4. The number of β-amino-alcohol motifs (C(OH)–C–C–N with tert-alkyl or cyclic N) is 1. The Bertz CT molecular complexity index is 917. The molecule has 2 aromatic rings. The third kappa shape index (κ3) is 6.15. The van der Waals surface area contributed by atoms with E-state index in [0.717, 1.165) is 50.1 Å². The van der Waals surface area contributed by atoms with E-state index in [-0.39, 0.29) is 24.5 Å². The molecule has 2 fully saturated rings. The van der Waals surface area contributed by atoms with Crippen LogP contribution in [0.2, 0.25) is 5.02 Å². The van der Waals surface area contributed by atoms with Gasteiger partial charge in [-0.1, -0.05) is 24.1 Å². The molecule has 4 rings (SSSR count). The average molecular weight is 459 g/mol. The van der Waals surface area contributed by atoms with E-state index in [1.165, 1.54) is 0 Å². The van der Waals surface area contributed by atoms with Gasteiger partial charge in [-0.2, -0.15) is 0 Å². The predicted octanol–water partition coefficient (Wildman–Crippen LogP) is 4.28. The Morgan fingerprint density at radius 1 is 1.22 bits per heavy atom. The second kappa shape index (κ2) is 10.6. The molecule has 1 aliphatic heterocycles. The van der Waals surface area contributed by atoms with E-state index < -0.39 is 6.10 Å². The Balaban J connectivity index is 1.25. The second-order valence-electron chi connectivity index (χ2n) is 8.82. The molecule has 0 radical (unpaired) electrons. The fraction of sp³-hybridized carbons (Fsp3) is 0.480. The predicted molar refractivity (Wildman–Crippen MR) is 126 cm³/mol. The number of carbonyl (C=O) groups excluding carboxylic acids is 1. The average Bonchev–Trinajstić information content (AvgIpc) is 3.15. The minimum atomic E-state index is -0.639. The highest BCUT2D eigenvalue weighted by Crippen LogP contribution is 2.31. The Hall–Kier alpha value is -2.28. The van der Waals surface area contributed by atoms with Crippen molar-refractivity contribution in [1.29, 1.82) is 0 Å². The van der Waals surface area contributed by atoms with Gasteiger partial charge in [0.25, 0.3) is 0 Å². The molecule has 1 aliphatic carbocycles. The number of ether oxygens (including phenoxy) is 2. The van der Waals surface area contributed by atoms with E-state index in [4.69, 9.17) is 21.1 Å². The minimum Gasteiger partial charge on any atom is -0.489 e. The molecule has 0 bridgehead atoms. The fourth-order valence-electron chi connectivity index (χ4n) is 4.06. The first-order chi connectivity index (χ1) is 15.5. The van der Waals surface area contributed by atoms with E-state index in [1.807, 2.05) is 49.4 Å². The molecule has 2 N–H and O–H groups in total. The van der Waals surface area contributed by atoms with Gasteiger partial charge >= 0.3 is 0 Å². The van der Waals surface area contributed by atoms with Gasteiger partial charge in [0.15, 0.2) is 0 Å². The highest BCUT2D eigenvalue weighted by molar-refractivity contribution is 6.30. The lowest BCUT2D eigenvalue weighted by Gasteiger charge is -2.25. The number of likely N-dealkylation sites (tertiary alicyclic amines) is 1. The summed E-state index contributed by atoms with van der Waals surface area (Å²) in [4.78, 5) is 14.5. The van der Waals surface area contributed by atoms with Gasteiger partial charge in [-0.3, -0.25) is 9.69 Å². The maximum absolute atomic E-state index is 12.3. The summed E-state index contributed by atoms with van der Waals surface area (Å²) >= 11 is 5.92. The minimum absolute atomic E-state index is 0.0503. The standard InChI is InChI=1S/C25H31ClN2O4/c1-17-5-10-23(27-25(30)18-3-2-4-18)24(13-17)31-16-20(29)14-28-12-11-22(15-28)32-21-8-6-19(26)7-9-21/h5-10,13,18,20,22,29H,2-4,11-12,14-16H2,1H3,(H,27,30). The van der Waals surface area contributed by atoms with Gasteiger partial charge < -0.3 is 19.9 Å². The zero-order chi connectivity index (χ0) is 22.5. The van der Waals surface area contributed by atoms with Gasteiger partial charge in [-0.05, 0) is 68.1 Å². The van der Waals surface area contributed by atoms with E-state index in [2.05, 4.69) is 10.2 Å². The summed E-state index contributed by atoms with van der Waals surface area (Å²) in [6.45, 7) is 4.27. The molecular weight excluding hydrogens is 428 g/mol. The van der Waals surface area contributed by atoms with Crippen molar-refractivity contribution in [3.63, 3.8) is 0 Å². The van der Waals surface area contributed by atoms with Crippen LogP contribution in [0.4, 0.5) is 5.69 Å². The number of nitrogens with one attached hydrogen (secondary N) is 1. The molecule has 1 saturated carbocycles. The summed E-state index contributed by atoms with van der Waals surface area (Å²) in [5, 5.41) is 14.2. The third-order valence-electron chi connectivity index (χ3n) is 6.12. The number of amides is 1. The van der Waals surface area contributed by atoms with Gasteiger partial charge in [0.2, 0.25) is 5.91 Å². The molecule has 2 aromatic carbocycles. The lowest BCUT2D eigenvalue weighted by molar-refractivity contribution is -0.122.